The number of carbonyl (C=O) groups is 4. The molecular weight excluding hydrogens is 362 g/mol. The second-order valence-corrected chi connectivity index (χ2v) is 6.62. The van der Waals surface area contributed by atoms with Gasteiger partial charge in [-0.1, -0.05) is 0 Å². The molecule has 0 fully saturated rings. The molecule has 0 aliphatic heterocycles. The first kappa shape index (κ1) is 21.6. The predicted molar refractivity (Wildman–Crippen MR) is 93.6 cm³/mol. The van der Waals surface area contributed by atoms with Gasteiger partial charge in [-0.05, 0) is 18.6 Å². The Labute approximate surface area is 154 Å². The highest BCUT2D eigenvalue weighted by Crippen LogP contribution is 2.22. The van der Waals surface area contributed by atoms with Crippen molar-refractivity contribution in [2.75, 3.05) is 12.3 Å². The summed E-state index contributed by atoms with van der Waals surface area (Å²) in [6.45, 7) is -0.534. The summed E-state index contributed by atoms with van der Waals surface area (Å²) in [5.41, 5.74) is 5.36. The van der Waals surface area contributed by atoms with Crippen LogP contribution >= 0.6 is 11.8 Å². The number of carbonyl (C=O) groups excluding carboxylic acids is 2. The second kappa shape index (κ2) is 11.2. The number of ketones is 1. The van der Waals surface area contributed by atoms with Gasteiger partial charge in [0.2, 0.25) is 5.91 Å². The Morgan fingerprint density at radius 3 is 2.42 bits per heavy atom. The van der Waals surface area contributed by atoms with Gasteiger partial charge in [-0.3, -0.25) is 24.2 Å². The molecule has 1 aromatic rings. The normalized spacial score (nSPS) is 12.8. The lowest BCUT2D eigenvalue weighted by Crippen LogP contribution is -2.37. The first-order valence-electron chi connectivity index (χ1n) is 7.82. The van der Waals surface area contributed by atoms with Gasteiger partial charge in [0.25, 0.3) is 0 Å². The van der Waals surface area contributed by atoms with Gasteiger partial charge in [0.15, 0.2) is 0 Å². The standard InChI is InChI=1S/C16H21N3O6S/c17-13(16(24)25)2-1-11(20)7-10(15(23)19-8-14(21)22)9-26-12-3-5-18-6-4-12/h3-6,10,13H,1-2,7-9,17H2,(H,19,23)(H,21,22)(H,24,25). The Balaban J connectivity index is 2.63. The molecule has 26 heavy (non-hydrogen) atoms. The number of amides is 1. The number of nitrogens with two attached hydrogens (primary N) is 1. The summed E-state index contributed by atoms with van der Waals surface area (Å²) in [5.74, 6) is -3.68. The lowest BCUT2D eigenvalue weighted by molar-refractivity contribution is -0.139. The molecule has 142 valence electrons. The summed E-state index contributed by atoms with van der Waals surface area (Å²) in [4.78, 5) is 50.3. The zero-order valence-electron chi connectivity index (χ0n) is 14.0. The molecule has 0 bridgehead atoms. The van der Waals surface area contributed by atoms with E-state index in [1.807, 2.05) is 0 Å². The van der Waals surface area contributed by atoms with Gasteiger partial charge in [0, 0.05) is 35.9 Å². The number of pyridine rings is 1. The van der Waals surface area contributed by atoms with E-state index in [4.69, 9.17) is 15.9 Å². The van der Waals surface area contributed by atoms with Crippen molar-refractivity contribution in [2.24, 2.45) is 11.7 Å². The monoisotopic (exact) mass is 383 g/mol. The number of Topliss-reactive ketones (excluding diaryl/α,β-unsaturated/α-hetero) is 1. The Kier molecular flexibility index (Phi) is 9.31. The van der Waals surface area contributed by atoms with Crippen molar-refractivity contribution in [3.05, 3.63) is 24.5 Å². The summed E-state index contributed by atoms with van der Waals surface area (Å²) in [6, 6.07) is 2.37. The first-order chi connectivity index (χ1) is 12.3. The fourth-order valence-corrected chi connectivity index (χ4v) is 2.96. The molecular formula is C16H21N3O6S. The Bertz CT molecular complexity index is 640. The van der Waals surface area contributed by atoms with E-state index in [0.717, 1.165) is 4.90 Å². The second-order valence-electron chi connectivity index (χ2n) is 5.53. The third kappa shape index (κ3) is 8.58. The summed E-state index contributed by atoms with van der Waals surface area (Å²) in [5, 5.41) is 19.7. The lowest BCUT2D eigenvalue weighted by Gasteiger charge is -2.16. The molecule has 2 unspecified atom stereocenters. The quantitative estimate of drug-likeness (QED) is 0.368. The number of nitrogens with zero attached hydrogens (tertiary/aromatic N) is 1. The molecule has 1 amide bonds. The molecule has 0 spiro atoms. The number of hydrogen-bond donors (Lipinski definition) is 4. The van der Waals surface area contributed by atoms with Crippen molar-refractivity contribution < 1.29 is 29.4 Å². The number of nitrogens with one attached hydrogen (secondary N) is 1. The van der Waals surface area contributed by atoms with Crippen molar-refractivity contribution in [2.45, 2.75) is 30.2 Å². The van der Waals surface area contributed by atoms with Crippen LogP contribution < -0.4 is 11.1 Å². The highest BCUT2D eigenvalue weighted by Gasteiger charge is 2.23. The van der Waals surface area contributed by atoms with Gasteiger partial charge in [0.05, 0.1) is 5.92 Å². The van der Waals surface area contributed by atoms with Gasteiger partial charge in [-0.2, -0.15) is 0 Å². The molecule has 0 saturated heterocycles. The SMILES string of the molecule is NC(CCC(=O)CC(CSc1ccncc1)C(=O)NCC(=O)O)C(=O)O. The van der Waals surface area contributed by atoms with Crippen LogP contribution in [0, 0.1) is 5.92 Å². The Morgan fingerprint density at radius 2 is 1.85 bits per heavy atom. The van der Waals surface area contributed by atoms with E-state index >= 15 is 0 Å². The highest BCUT2D eigenvalue weighted by molar-refractivity contribution is 7.99. The van der Waals surface area contributed by atoms with Crippen molar-refractivity contribution >= 4 is 35.4 Å². The minimum atomic E-state index is -1.19. The highest BCUT2D eigenvalue weighted by atomic mass is 32.2. The number of carboxylic acid groups (broad SMARTS) is 2. The van der Waals surface area contributed by atoms with Crippen LogP contribution in [0.4, 0.5) is 0 Å². The van der Waals surface area contributed by atoms with Crippen LogP contribution in [0.2, 0.25) is 0 Å². The fraction of sp³-hybridized carbons (Fsp3) is 0.438. The van der Waals surface area contributed by atoms with Crippen LogP contribution in [0.25, 0.3) is 0 Å². The number of thioether (sulfide) groups is 1. The number of rotatable bonds is 12. The van der Waals surface area contributed by atoms with Crippen LogP contribution in [-0.2, 0) is 19.2 Å². The van der Waals surface area contributed by atoms with Crippen LogP contribution in [0.5, 0.6) is 0 Å². The fourth-order valence-electron chi connectivity index (χ4n) is 1.98. The van der Waals surface area contributed by atoms with Gasteiger partial charge < -0.3 is 21.3 Å². The summed E-state index contributed by atoms with van der Waals surface area (Å²) < 4.78 is 0. The van der Waals surface area contributed by atoms with Gasteiger partial charge in [-0.15, -0.1) is 11.8 Å². The third-order valence-electron chi connectivity index (χ3n) is 3.41. The van der Waals surface area contributed by atoms with E-state index in [0.29, 0.717) is 0 Å². The summed E-state index contributed by atoms with van der Waals surface area (Å²) >= 11 is 1.34. The molecule has 0 aliphatic carbocycles. The third-order valence-corrected chi connectivity index (χ3v) is 4.59. The predicted octanol–water partition coefficient (Wildman–Crippen LogP) is 0.142. The molecule has 5 N–H and O–H groups in total. The average molecular weight is 383 g/mol. The molecule has 2 atom stereocenters. The van der Waals surface area contributed by atoms with Gasteiger partial charge in [-0.25, -0.2) is 0 Å². The van der Waals surface area contributed by atoms with E-state index < -0.39 is 36.4 Å². The van der Waals surface area contributed by atoms with Gasteiger partial charge in [0.1, 0.15) is 18.4 Å². The van der Waals surface area contributed by atoms with Gasteiger partial charge >= 0.3 is 11.9 Å². The first-order valence-corrected chi connectivity index (χ1v) is 8.80. The zero-order valence-corrected chi connectivity index (χ0v) is 14.8. The zero-order chi connectivity index (χ0) is 19.5. The Hall–Kier alpha value is -2.46. The summed E-state index contributed by atoms with van der Waals surface area (Å²) in [6.07, 6.45) is 3.00. The maximum atomic E-state index is 12.2. The van der Waals surface area contributed by atoms with Crippen LogP contribution in [0.3, 0.4) is 0 Å². The number of aliphatic carboxylic acids is 2. The molecule has 0 saturated carbocycles. The summed E-state index contributed by atoms with van der Waals surface area (Å²) in [7, 11) is 0. The molecule has 0 aromatic carbocycles. The maximum absolute atomic E-state index is 12.2. The average Bonchev–Trinajstić information content (AvgIpc) is 2.61. The maximum Gasteiger partial charge on any atom is 0.322 e. The molecule has 0 radical (unpaired) electrons. The van der Waals surface area contributed by atoms with Crippen molar-refractivity contribution in [1.82, 2.24) is 10.3 Å². The molecule has 0 aliphatic rings. The molecule has 1 rings (SSSR count). The van der Waals surface area contributed by atoms with Crippen LogP contribution in [-0.4, -0.2) is 57.2 Å². The van der Waals surface area contributed by atoms with Crippen molar-refractivity contribution in [1.29, 1.82) is 0 Å². The molecule has 10 heteroatoms. The molecule has 9 nitrogen and oxygen atoms in total. The largest absolute Gasteiger partial charge is 0.480 e. The van der Waals surface area contributed by atoms with Crippen molar-refractivity contribution in [3.8, 4) is 0 Å². The number of hydrogen-bond acceptors (Lipinski definition) is 7. The molecule has 1 aromatic heterocycles. The minimum Gasteiger partial charge on any atom is -0.480 e. The van der Waals surface area contributed by atoms with E-state index in [2.05, 4.69) is 10.3 Å². The van der Waals surface area contributed by atoms with E-state index in [1.54, 1.807) is 24.5 Å². The van der Waals surface area contributed by atoms with E-state index in [-0.39, 0.29) is 30.8 Å². The smallest absolute Gasteiger partial charge is 0.322 e. The van der Waals surface area contributed by atoms with E-state index in [9.17, 15) is 19.2 Å². The van der Waals surface area contributed by atoms with E-state index in [1.165, 1.54) is 11.8 Å². The number of aromatic nitrogens is 1. The molecule has 1 heterocycles. The minimum absolute atomic E-state index is 0.0187. The van der Waals surface area contributed by atoms with Crippen molar-refractivity contribution in [3.63, 3.8) is 0 Å². The van der Waals surface area contributed by atoms with Crippen LogP contribution in [0.15, 0.2) is 29.4 Å². The number of carboxylic acids is 2. The lowest BCUT2D eigenvalue weighted by atomic mass is 9.99. The Morgan fingerprint density at radius 1 is 1.19 bits per heavy atom. The van der Waals surface area contributed by atoms with Crippen LogP contribution in [0.1, 0.15) is 19.3 Å². The topological polar surface area (TPSA) is 160 Å².